The molecular weight excluding hydrogens is 216 g/mol. The second kappa shape index (κ2) is 4.14. The van der Waals surface area contributed by atoms with Crippen LogP contribution in [0, 0.1) is 18.3 Å². The number of carbonyl (C=O) groups is 1. The summed E-state index contributed by atoms with van der Waals surface area (Å²) in [6.45, 7) is 1.74. The largest absolute Gasteiger partial charge is 0.478 e. The highest BCUT2D eigenvalue weighted by atomic mass is 16.4. The third-order valence-corrected chi connectivity index (χ3v) is 2.63. The molecule has 84 valence electrons. The number of rotatable bonds is 2. The number of nitriles is 1. The topological polar surface area (TPSA) is 66.0 Å². The summed E-state index contributed by atoms with van der Waals surface area (Å²) in [7, 11) is 0. The van der Waals surface area contributed by atoms with Gasteiger partial charge in [0.1, 0.15) is 0 Å². The number of carboxylic acid groups (broad SMARTS) is 1. The van der Waals surface area contributed by atoms with E-state index in [0.717, 1.165) is 5.69 Å². The molecule has 4 heteroatoms. The first-order chi connectivity index (χ1) is 8.13. The van der Waals surface area contributed by atoms with Crippen LogP contribution in [0.15, 0.2) is 36.5 Å². The molecule has 2 aromatic rings. The van der Waals surface area contributed by atoms with Gasteiger partial charge in [-0.2, -0.15) is 5.26 Å². The number of aromatic nitrogens is 1. The molecule has 0 spiro atoms. The predicted octanol–water partition coefficient (Wildman–Crippen LogP) is 2.36. The van der Waals surface area contributed by atoms with Crippen LogP contribution in [0.2, 0.25) is 0 Å². The predicted molar refractivity (Wildman–Crippen MR) is 62.2 cm³/mol. The van der Waals surface area contributed by atoms with E-state index >= 15 is 0 Å². The zero-order chi connectivity index (χ0) is 12.4. The van der Waals surface area contributed by atoms with E-state index < -0.39 is 5.97 Å². The SMILES string of the molecule is Cc1c(C(=O)O)ccn1-c1cccc(C#N)c1. The molecule has 1 heterocycles. The molecule has 0 unspecified atom stereocenters. The molecule has 0 saturated carbocycles. The number of benzene rings is 1. The lowest BCUT2D eigenvalue weighted by Crippen LogP contribution is -2.01. The summed E-state index contributed by atoms with van der Waals surface area (Å²) in [6, 6.07) is 10.6. The maximum Gasteiger partial charge on any atom is 0.337 e. The second-order valence-corrected chi connectivity index (χ2v) is 3.65. The van der Waals surface area contributed by atoms with Crippen molar-refractivity contribution in [3.8, 4) is 11.8 Å². The highest BCUT2D eigenvalue weighted by Gasteiger charge is 2.12. The lowest BCUT2D eigenvalue weighted by molar-refractivity contribution is 0.0696. The van der Waals surface area contributed by atoms with Crippen molar-refractivity contribution in [2.24, 2.45) is 0 Å². The van der Waals surface area contributed by atoms with Crippen LogP contribution in [0.25, 0.3) is 5.69 Å². The molecule has 0 bridgehead atoms. The van der Waals surface area contributed by atoms with Crippen molar-refractivity contribution in [3.05, 3.63) is 53.3 Å². The van der Waals surface area contributed by atoms with E-state index in [1.807, 2.05) is 6.07 Å². The average molecular weight is 226 g/mol. The zero-order valence-corrected chi connectivity index (χ0v) is 9.21. The van der Waals surface area contributed by atoms with E-state index in [1.54, 1.807) is 42.0 Å². The van der Waals surface area contributed by atoms with E-state index in [9.17, 15) is 4.79 Å². The smallest absolute Gasteiger partial charge is 0.337 e. The first-order valence-corrected chi connectivity index (χ1v) is 5.05. The zero-order valence-electron chi connectivity index (χ0n) is 9.21. The minimum atomic E-state index is -0.947. The van der Waals surface area contributed by atoms with Crippen LogP contribution >= 0.6 is 0 Å². The molecule has 1 aromatic heterocycles. The Morgan fingerprint density at radius 1 is 1.41 bits per heavy atom. The van der Waals surface area contributed by atoms with Crippen molar-refractivity contribution >= 4 is 5.97 Å². The molecule has 1 N–H and O–H groups in total. The lowest BCUT2D eigenvalue weighted by atomic mass is 10.2. The summed E-state index contributed by atoms with van der Waals surface area (Å²) in [5.41, 5.74) is 2.25. The van der Waals surface area contributed by atoms with Crippen molar-refractivity contribution in [3.63, 3.8) is 0 Å². The summed E-state index contributed by atoms with van der Waals surface area (Å²) >= 11 is 0. The maximum absolute atomic E-state index is 10.9. The van der Waals surface area contributed by atoms with Gasteiger partial charge in [-0.1, -0.05) is 6.07 Å². The number of hydrogen-bond donors (Lipinski definition) is 1. The van der Waals surface area contributed by atoms with Gasteiger partial charge in [0, 0.05) is 17.6 Å². The Morgan fingerprint density at radius 3 is 2.76 bits per heavy atom. The quantitative estimate of drug-likeness (QED) is 0.854. The molecular formula is C13H10N2O2. The Labute approximate surface area is 98.4 Å². The molecule has 0 amide bonds. The Balaban J connectivity index is 2.54. The first-order valence-electron chi connectivity index (χ1n) is 5.05. The molecule has 0 aliphatic carbocycles. The Kier molecular flexibility index (Phi) is 2.67. The standard InChI is InChI=1S/C13H10N2O2/c1-9-12(13(16)17)5-6-15(9)11-4-2-3-10(7-11)8-14/h2-7H,1H3,(H,16,17). The third-order valence-electron chi connectivity index (χ3n) is 2.63. The molecule has 0 radical (unpaired) electrons. The van der Waals surface area contributed by atoms with Crippen LogP contribution in [0.5, 0.6) is 0 Å². The first kappa shape index (κ1) is 11.0. The van der Waals surface area contributed by atoms with Gasteiger partial charge in [-0.3, -0.25) is 0 Å². The molecule has 0 fully saturated rings. The molecule has 0 atom stereocenters. The second-order valence-electron chi connectivity index (χ2n) is 3.65. The molecule has 17 heavy (non-hydrogen) atoms. The summed E-state index contributed by atoms with van der Waals surface area (Å²) in [5.74, 6) is -0.947. The van der Waals surface area contributed by atoms with Gasteiger partial charge in [-0.25, -0.2) is 4.79 Å². The van der Waals surface area contributed by atoms with Gasteiger partial charge in [0.25, 0.3) is 0 Å². The van der Waals surface area contributed by atoms with Crippen LogP contribution in [-0.2, 0) is 0 Å². The number of hydrogen-bond acceptors (Lipinski definition) is 2. The van der Waals surface area contributed by atoms with Crippen LogP contribution < -0.4 is 0 Å². The van der Waals surface area contributed by atoms with E-state index in [-0.39, 0.29) is 5.56 Å². The minimum absolute atomic E-state index is 0.271. The molecule has 0 aliphatic heterocycles. The van der Waals surface area contributed by atoms with Gasteiger partial charge < -0.3 is 9.67 Å². The fourth-order valence-corrected chi connectivity index (χ4v) is 1.74. The van der Waals surface area contributed by atoms with E-state index in [4.69, 9.17) is 10.4 Å². The molecule has 4 nitrogen and oxygen atoms in total. The van der Waals surface area contributed by atoms with Crippen molar-refractivity contribution < 1.29 is 9.90 Å². The van der Waals surface area contributed by atoms with E-state index in [1.165, 1.54) is 0 Å². The highest BCUT2D eigenvalue weighted by molar-refractivity contribution is 5.89. The van der Waals surface area contributed by atoms with E-state index in [0.29, 0.717) is 11.3 Å². The summed E-state index contributed by atoms with van der Waals surface area (Å²) < 4.78 is 1.75. The average Bonchev–Trinajstić information content (AvgIpc) is 2.71. The maximum atomic E-state index is 10.9. The Hall–Kier alpha value is -2.54. The molecule has 2 rings (SSSR count). The summed E-state index contributed by atoms with van der Waals surface area (Å²) in [6.07, 6.45) is 1.69. The van der Waals surface area contributed by atoms with Gasteiger partial charge in [0.15, 0.2) is 0 Å². The van der Waals surface area contributed by atoms with Crippen LogP contribution in [0.1, 0.15) is 21.6 Å². The van der Waals surface area contributed by atoms with Crippen molar-refractivity contribution in [1.29, 1.82) is 5.26 Å². The summed E-state index contributed by atoms with van der Waals surface area (Å²) in [4.78, 5) is 10.9. The number of nitrogens with zero attached hydrogens (tertiary/aromatic N) is 2. The fourth-order valence-electron chi connectivity index (χ4n) is 1.74. The van der Waals surface area contributed by atoms with Gasteiger partial charge in [0.05, 0.1) is 17.2 Å². The van der Waals surface area contributed by atoms with E-state index in [2.05, 4.69) is 6.07 Å². The van der Waals surface area contributed by atoms with Gasteiger partial charge >= 0.3 is 5.97 Å². The van der Waals surface area contributed by atoms with Crippen molar-refractivity contribution in [2.45, 2.75) is 6.92 Å². The third kappa shape index (κ3) is 1.91. The van der Waals surface area contributed by atoms with Crippen LogP contribution in [0.4, 0.5) is 0 Å². The molecule has 1 aromatic carbocycles. The minimum Gasteiger partial charge on any atom is -0.478 e. The van der Waals surface area contributed by atoms with Gasteiger partial charge in [-0.15, -0.1) is 0 Å². The fraction of sp³-hybridized carbons (Fsp3) is 0.0769. The number of carboxylic acids is 1. The normalized spacial score (nSPS) is 9.88. The van der Waals surface area contributed by atoms with Gasteiger partial charge in [-0.05, 0) is 31.2 Å². The Morgan fingerprint density at radius 2 is 2.18 bits per heavy atom. The lowest BCUT2D eigenvalue weighted by Gasteiger charge is -2.06. The monoisotopic (exact) mass is 226 g/mol. The molecule has 0 aliphatic rings. The van der Waals surface area contributed by atoms with Crippen molar-refractivity contribution in [1.82, 2.24) is 4.57 Å². The summed E-state index contributed by atoms with van der Waals surface area (Å²) in [5, 5.41) is 17.8. The van der Waals surface area contributed by atoms with Crippen molar-refractivity contribution in [2.75, 3.05) is 0 Å². The van der Waals surface area contributed by atoms with Crippen LogP contribution in [-0.4, -0.2) is 15.6 Å². The Bertz CT molecular complexity index is 621. The van der Waals surface area contributed by atoms with Crippen LogP contribution in [0.3, 0.4) is 0 Å². The number of aromatic carboxylic acids is 1. The highest BCUT2D eigenvalue weighted by Crippen LogP contribution is 2.17. The molecule has 0 saturated heterocycles. The van der Waals surface area contributed by atoms with Gasteiger partial charge in [0.2, 0.25) is 0 Å².